The molecule has 8 heteroatoms. The number of aryl methyl sites for hydroxylation is 1. The zero-order valence-electron chi connectivity index (χ0n) is 15.7. The Morgan fingerprint density at radius 1 is 1.22 bits per heavy atom. The van der Waals surface area contributed by atoms with Crippen LogP contribution in [-0.2, 0) is 21.2 Å². The summed E-state index contributed by atoms with van der Waals surface area (Å²) in [6.45, 7) is 3.54. The molecule has 0 fully saturated rings. The van der Waals surface area contributed by atoms with E-state index in [2.05, 4.69) is 5.32 Å². The summed E-state index contributed by atoms with van der Waals surface area (Å²) >= 11 is 5.98. The Bertz CT molecular complexity index is 914. The highest BCUT2D eigenvalue weighted by Crippen LogP contribution is 2.29. The summed E-state index contributed by atoms with van der Waals surface area (Å²) in [5.41, 5.74) is 1.88. The topological polar surface area (TPSA) is 75.7 Å². The van der Waals surface area contributed by atoms with Gasteiger partial charge in [-0.3, -0.25) is 9.10 Å². The van der Waals surface area contributed by atoms with Gasteiger partial charge in [0.1, 0.15) is 11.8 Å². The van der Waals surface area contributed by atoms with E-state index in [1.54, 1.807) is 30.3 Å². The molecule has 2 aromatic rings. The van der Waals surface area contributed by atoms with Crippen LogP contribution in [0.3, 0.4) is 0 Å². The molecule has 0 radical (unpaired) electrons. The fourth-order valence-corrected chi connectivity index (χ4v) is 4.05. The number of carbonyl (C=O) groups excluding carboxylic acids is 1. The van der Waals surface area contributed by atoms with Crippen molar-refractivity contribution in [1.29, 1.82) is 0 Å². The first-order valence-electron chi connectivity index (χ1n) is 8.40. The third-order valence-electron chi connectivity index (χ3n) is 4.11. The highest BCUT2D eigenvalue weighted by Gasteiger charge is 2.29. The highest BCUT2D eigenvalue weighted by atomic mass is 35.5. The maximum atomic E-state index is 12.8. The van der Waals surface area contributed by atoms with Gasteiger partial charge in [0.05, 0.1) is 24.7 Å². The zero-order valence-corrected chi connectivity index (χ0v) is 17.3. The van der Waals surface area contributed by atoms with Crippen LogP contribution < -0.4 is 14.4 Å². The van der Waals surface area contributed by atoms with Crippen LogP contribution in [0.15, 0.2) is 42.5 Å². The number of nitrogens with one attached hydrogen (secondary N) is 1. The van der Waals surface area contributed by atoms with E-state index in [9.17, 15) is 13.2 Å². The molecule has 1 atom stereocenters. The number of ether oxygens (including phenoxy) is 1. The Labute approximate surface area is 165 Å². The molecule has 0 saturated heterocycles. The molecule has 0 unspecified atom stereocenters. The molecular weight excluding hydrogens is 388 g/mol. The minimum Gasteiger partial charge on any atom is -0.495 e. The molecule has 146 valence electrons. The van der Waals surface area contributed by atoms with Gasteiger partial charge >= 0.3 is 0 Å². The van der Waals surface area contributed by atoms with E-state index in [4.69, 9.17) is 16.3 Å². The summed E-state index contributed by atoms with van der Waals surface area (Å²) in [5.74, 6) is -0.0706. The molecule has 2 rings (SSSR count). The van der Waals surface area contributed by atoms with Crippen molar-refractivity contribution in [3.05, 3.63) is 53.1 Å². The lowest BCUT2D eigenvalue weighted by Gasteiger charge is -2.28. The van der Waals surface area contributed by atoms with E-state index < -0.39 is 22.0 Å². The molecule has 1 amide bonds. The van der Waals surface area contributed by atoms with Gasteiger partial charge in [-0.25, -0.2) is 8.42 Å². The Kier molecular flexibility index (Phi) is 6.73. The van der Waals surface area contributed by atoms with E-state index in [1.807, 2.05) is 19.1 Å². The smallest absolute Gasteiger partial charge is 0.248 e. The largest absolute Gasteiger partial charge is 0.495 e. The fourth-order valence-electron chi connectivity index (χ4n) is 2.70. The van der Waals surface area contributed by atoms with Crippen molar-refractivity contribution in [2.75, 3.05) is 23.0 Å². The lowest BCUT2D eigenvalue weighted by atomic mass is 10.1. The molecule has 0 aliphatic rings. The number of amides is 1. The van der Waals surface area contributed by atoms with Gasteiger partial charge in [-0.15, -0.1) is 0 Å². The molecule has 6 nitrogen and oxygen atoms in total. The minimum atomic E-state index is -3.68. The normalized spacial score (nSPS) is 12.3. The molecule has 2 aromatic carbocycles. The van der Waals surface area contributed by atoms with Crippen molar-refractivity contribution in [1.82, 2.24) is 0 Å². The van der Waals surface area contributed by atoms with E-state index in [0.29, 0.717) is 22.1 Å². The number of sulfonamides is 1. The maximum absolute atomic E-state index is 12.8. The number of rotatable bonds is 7. The van der Waals surface area contributed by atoms with Crippen molar-refractivity contribution in [3.63, 3.8) is 0 Å². The molecule has 0 aliphatic heterocycles. The van der Waals surface area contributed by atoms with Gasteiger partial charge in [0.2, 0.25) is 15.9 Å². The van der Waals surface area contributed by atoms with Gasteiger partial charge in [0, 0.05) is 5.02 Å². The molecule has 0 spiro atoms. The Hall–Kier alpha value is -2.25. The van der Waals surface area contributed by atoms with Gasteiger partial charge in [-0.1, -0.05) is 30.7 Å². The molecule has 0 aliphatic carbocycles. The third-order valence-corrected chi connectivity index (χ3v) is 5.58. The second-order valence-electron chi connectivity index (χ2n) is 6.09. The number of anilines is 2. The number of nitrogens with zero attached hydrogens (tertiary/aromatic N) is 1. The minimum absolute atomic E-state index is 0.372. The summed E-state index contributed by atoms with van der Waals surface area (Å²) in [6.07, 6.45) is 1.91. The molecule has 0 aromatic heterocycles. The average Bonchev–Trinajstić information content (AvgIpc) is 2.61. The van der Waals surface area contributed by atoms with Crippen LogP contribution in [0.4, 0.5) is 11.4 Å². The molecular formula is C19H23ClN2O4S. The van der Waals surface area contributed by atoms with Crippen molar-refractivity contribution in [2.45, 2.75) is 26.3 Å². The molecule has 0 bridgehead atoms. The second kappa shape index (κ2) is 8.63. The SMILES string of the molecule is CCc1ccc(N([C@@H](C)C(=O)Nc2cc(Cl)ccc2OC)S(C)(=O)=O)cc1. The number of hydrogen-bond donors (Lipinski definition) is 1. The maximum Gasteiger partial charge on any atom is 0.248 e. The van der Waals surface area contributed by atoms with E-state index in [0.717, 1.165) is 22.5 Å². The summed E-state index contributed by atoms with van der Waals surface area (Å²) < 4.78 is 31.0. The quantitative estimate of drug-likeness (QED) is 0.755. The molecule has 1 N–H and O–H groups in total. The summed E-state index contributed by atoms with van der Waals surface area (Å²) in [7, 11) is -2.21. The standard InChI is InChI=1S/C19H23ClN2O4S/c1-5-14-6-9-16(10-7-14)22(27(4,24)25)13(2)19(23)21-17-12-15(20)8-11-18(17)26-3/h6-13H,5H2,1-4H3,(H,21,23)/t13-/m0/s1. The van der Waals surface area contributed by atoms with Crippen LogP contribution in [0.25, 0.3) is 0 Å². The highest BCUT2D eigenvalue weighted by molar-refractivity contribution is 7.92. The Balaban J connectivity index is 2.33. The van der Waals surface area contributed by atoms with Crippen molar-refractivity contribution in [2.24, 2.45) is 0 Å². The first-order chi connectivity index (χ1) is 12.7. The molecule has 27 heavy (non-hydrogen) atoms. The predicted molar refractivity (Wildman–Crippen MR) is 109 cm³/mol. The number of methoxy groups -OCH3 is 1. The van der Waals surface area contributed by atoms with E-state index >= 15 is 0 Å². The van der Waals surface area contributed by atoms with Crippen LogP contribution in [0.1, 0.15) is 19.4 Å². The van der Waals surface area contributed by atoms with Gasteiger partial charge in [-0.2, -0.15) is 0 Å². The first kappa shape index (κ1) is 21.1. The van der Waals surface area contributed by atoms with E-state index in [-0.39, 0.29) is 0 Å². The van der Waals surface area contributed by atoms with Gasteiger partial charge in [-0.05, 0) is 49.2 Å². The van der Waals surface area contributed by atoms with Crippen molar-refractivity contribution in [3.8, 4) is 5.75 Å². The van der Waals surface area contributed by atoms with Crippen LogP contribution >= 0.6 is 11.6 Å². The fraction of sp³-hybridized carbons (Fsp3) is 0.316. The van der Waals surface area contributed by atoms with Crippen molar-refractivity contribution < 1.29 is 17.9 Å². The monoisotopic (exact) mass is 410 g/mol. The van der Waals surface area contributed by atoms with E-state index in [1.165, 1.54) is 14.0 Å². The number of benzene rings is 2. The van der Waals surface area contributed by atoms with Crippen LogP contribution in [0, 0.1) is 0 Å². The lowest BCUT2D eigenvalue weighted by Crippen LogP contribution is -2.45. The van der Waals surface area contributed by atoms with Crippen molar-refractivity contribution >= 4 is 38.9 Å². The number of halogens is 1. The summed E-state index contributed by atoms with van der Waals surface area (Å²) in [5, 5.41) is 3.12. The Morgan fingerprint density at radius 3 is 2.37 bits per heavy atom. The van der Waals surface area contributed by atoms with Gasteiger partial charge in [0.15, 0.2) is 0 Å². The Morgan fingerprint density at radius 2 is 1.85 bits per heavy atom. The summed E-state index contributed by atoms with van der Waals surface area (Å²) in [6, 6.07) is 10.9. The molecule has 0 saturated carbocycles. The third kappa shape index (κ3) is 5.14. The van der Waals surface area contributed by atoms with Gasteiger partial charge < -0.3 is 10.1 Å². The van der Waals surface area contributed by atoms with Crippen LogP contribution in [-0.4, -0.2) is 33.7 Å². The zero-order chi connectivity index (χ0) is 20.2. The van der Waals surface area contributed by atoms with Crippen LogP contribution in [0.2, 0.25) is 5.02 Å². The van der Waals surface area contributed by atoms with Crippen LogP contribution in [0.5, 0.6) is 5.75 Å². The van der Waals surface area contributed by atoms with Gasteiger partial charge in [0.25, 0.3) is 0 Å². The number of hydrogen-bond acceptors (Lipinski definition) is 4. The summed E-state index contributed by atoms with van der Waals surface area (Å²) in [4.78, 5) is 12.8. The average molecular weight is 411 g/mol. The first-order valence-corrected chi connectivity index (χ1v) is 10.6. The second-order valence-corrected chi connectivity index (χ2v) is 8.38. The molecule has 0 heterocycles. The number of carbonyl (C=O) groups is 1. The lowest BCUT2D eigenvalue weighted by molar-refractivity contribution is -0.116. The predicted octanol–water partition coefficient (Wildman–Crippen LogP) is 3.70.